The quantitative estimate of drug-likeness (QED) is 0.564. The van der Waals surface area contributed by atoms with Crippen molar-refractivity contribution >= 4 is 21.8 Å². The lowest BCUT2D eigenvalue weighted by molar-refractivity contribution is -0.120. The van der Waals surface area contributed by atoms with Gasteiger partial charge in [-0.25, -0.2) is 8.42 Å². The van der Waals surface area contributed by atoms with Crippen LogP contribution >= 0.6 is 0 Å². The Kier molecular flexibility index (Phi) is 7.33. The van der Waals surface area contributed by atoms with Gasteiger partial charge in [-0.15, -0.1) is 0 Å². The number of nitrogens with one attached hydrogen (secondary N) is 2. The summed E-state index contributed by atoms with van der Waals surface area (Å²) >= 11 is 0. The van der Waals surface area contributed by atoms with E-state index in [1.165, 1.54) is 22.5 Å². The smallest absolute Gasteiger partial charge is 0.244 e. The Morgan fingerprint density at radius 1 is 1.03 bits per heavy atom. The molecule has 2 aromatic rings. The van der Waals surface area contributed by atoms with Crippen molar-refractivity contribution in [2.24, 2.45) is 0 Å². The van der Waals surface area contributed by atoms with Crippen LogP contribution in [0.2, 0.25) is 0 Å². The van der Waals surface area contributed by atoms with Gasteiger partial charge in [0.1, 0.15) is 0 Å². The van der Waals surface area contributed by atoms with Gasteiger partial charge in [0.25, 0.3) is 0 Å². The van der Waals surface area contributed by atoms with Crippen LogP contribution in [0.15, 0.2) is 72.1 Å². The van der Waals surface area contributed by atoms with Crippen LogP contribution in [0.4, 0.5) is 0 Å². The van der Waals surface area contributed by atoms with Gasteiger partial charge in [-0.3, -0.25) is 9.59 Å². The molecule has 0 aliphatic carbocycles. The summed E-state index contributed by atoms with van der Waals surface area (Å²) in [5.41, 5.74) is 0.172. The second-order valence-electron chi connectivity index (χ2n) is 9.79. The third-order valence-electron chi connectivity index (χ3n) is 6.29. The van der Waals surface area contributed by atoms with Crippen LogP contribution in [0.1, 0.15) is 45.2 Å². The highest BCUT2D eigenvalue weighted by atomic mass is 32.2. The zero-order chi connectivity index (χ0) is 25.1. The van der Waals surface area contributed by atoms with Crippen molar-refractivity contribution in [3.8, 4) is 0 Å². The van der Waals surface area contributed by atoms with Crippen molar-refractivity contribution < 1.29 is 18.0 Å². The number of benzene rings is 2. The first-order chi connectivity index (χ1) is 15.9. The van der Waals surface area contributed by atoms with E-state index in [0.717, 1.165) is 11.1 Å². The van der Waals surface area contributed by atoms with E-state index in [2.05, 4.69) is 17.2 Å². The van der Waals surface area contributed by atoms with Crippen molar-refractivity contribution in [3.63, 3.8) is 0 Å². The average molecular weight is 484 g/mol. The van der Waals surface area contributed by atoms with Gasteiger partial charge in [0.05, 0.1) is 16.9 Å². The number of carbonyl (C=O) groups excluding carboxylic acids is 2. The van der Waals surface area contributed by atoms with E-state index in [1.807, 2.05) is 58.0 Å². The van der Waals surface area contributed by atoms with Crippen LogP contribution < -0.4 is 10.6 Å². The summed E-state index contributed by atoms with van der Waals surface area (Å²) < 4.78 is 28.8. The minimum Gasteiger partial charge on any atom is -0.352 e. The Balaban J connectivity index is 1.74. The van der Waals surface area contributed by atoms with Crippen LogP contribution in [0, 0.1) is 0 Å². The van der Waals surface area contributed by atoms with Gasteiger partial charge in [-0.05, 0) is 63.5 Å². The fourth-order valence-corrected chi connectivity index (χ4v) is 6.94. The molecule has 1 atom stereocenters. The van der Waals surface area contributed by atoms with Crippen molar-refractivity contribution in [1.29, 1.82) is 0 Å². The summed E-state index contributed by atoms with van der Waals surface area (Å²) in [5, 5.41) is 5.75. The highest BCUT2D eigenvalue weighted by molar-refractivity contribution is 7.89. The maximum atomic E-state index is 13.7. The summed E-state index contributed by atoms with van der Waals surface area (Å²) in [6.45, 7) is 11.3. The fourth-order valence-electron chi connectivity index (χ4n) is 4.78. The van der Waals surface area contributed by atoms with Crippen LogP contribution in [-0.4, -0.2) is 41.7 Å². The Morgan fingerprint density at radius 2 is 1.65 bits per heavy atom. The SMILES string of the molecule is C=CC(=O)NC1CC(C)(C)N(S(=O)(=O)c2ccc(CC(=O)NCc3ccccc3)cc2)C1(C)C. The summed E-state index contributed by atoms with van der Waals surface area (Å²) in [6.07, 6.45) is 1.82. The summed E-state index contributed by atoms with van der Waals surface area (Å²) in [6, 6.07) is 15.7. The van der Waals surface area contributed by atoms with E-state index in [0.29, 0.717) is 13.0 Å². The number of sulfonamides is 1. The highest BCUT2D eigenvalue weighted by Gasteiger charge is 2.57. The molecule has 1 aliphatic rings. The number of hydrogen-bond acceptors (Lipinski definition) is 4. The van der Waals surface area contributed by atoms with Crippen LogP contribution in [0.25, 0.3) is 0 Å². The molecule has 3 rings (SSSR count). The van der Waals surface area contributed by atoms with E-state index >= 15 is 0 Å². The third-order valence-corrected chi connectivity index (χ3v) is 8.60. The molecule has 1 heterocycles. The minimum absolute atomic E-state index is 0.137. The van der Waals surface area contributed by atoms with Crippen LogP contribution in [-0.2, 0) is 32.6 Å². The number of rotatable bonds is 8. The predicted molar refractivity (Wildman–Crippen MR) is 132 cm³/mol. The van der Waals surface area contributed by atoms with Crippen LogP contribution in [0.5, 0.6) is 0 Å². The van der Waals surface area contributed by atoms with Gasteiger partial charge < -0.3 is 10.6 Å². The fraction of sp³-hybridized carbons (Fsp3) is 0.385. The Labute approximate surface area is 202 Å². The molecule has 2 aromatic carbocycles. The second-order valence-corrected chi connectivity index (χ2v) is 11.6. The molecule has 1 unspecified atom stereocenters. The van der Waals surface area contributed by atoms with E-state index in [9.17, 15) is 18.0 Å². The summed E-state index contributed by atoms with van der Waals surface area (Å²) in [7, 11) is -3.87. The second kappa shape index (κ2) is 9.72. The number of hydrogen-bond donors (Lipinski definition) is 2. The monoisotopic (exact) mass is 483 g/mol. The molecule has 7 nitrogen and oxygen atoms in total. The first-order valence-electron chi connectivity index (χ1n) is 11.3. The van der Waals surface area contributed by atoms with E-state index in [-0.39, 0.29) is 29.2 Å². The standard InChI is InChI=1S/C26H33N3O4S/c1-6-23(30)28-22-17-25(2,3)29(26(22,4)5)34(32,33)21-14-12-19(13-15-21)16-24(31)27-18-20-10-8-7-9-11-20/h6-15,22H,1,16-18H2,2-5H3,(H,27,31)(H,28,30). The number of carbonyl (C=O) groups is 2. The predicted octanol–water partition coefficient (Wildman–Crippen LogP) is 3.17. The lowest BCUT2D eigenvalue weighted by atomic mass is 9.94. The molecule has 182 valence electrons. The summed E-state index contributed by atoms with van der Waals surface area (Å²) in [5.74, 6) is -0.468. The maximum Gasteiger partial charge on any atom is 0.244 e. The normalized spacial score (nSPS) is 19.4. The van der Waals surface area contributed by atoms with Crippen molar-refractivity contribution in [3.05, 3.63) is 78.4 Å². The van der Waals surface area contributed by atoms with Gasteiger partial charge in [-0.2, -0.15) is 4.31 Å². The van der Waals surface area contributed by atoms with Gasteiger partial charge in [0.2, 0.25) is 21.8 Å². The van der Waals surface area contributed by atoms with E-state index < -0.39 is 21.1 Å². The van der Waals surface area contributed by atoms with E-state index in [4.69, 9.17) is 0 Å². The highest BCUT2D eigenvalue weighted by Crippen LogP contribution is 2.44. The van der Waals surface area contributed by atoms with Crippen molar-refractivity contribution in [2.45, 2.75) is 69.1 Å². The zero-order valence-corrected chi connectivity index (χ0v) is 21.0. The molecule has 0 bridgehead atoms. The molecule has 2 N–H and O–H groups in total. The molecule has 1 saturated heterocycles. The van der Waals surface area contributed by atoms with Gasteiger partial charge >= 0.3 is 0 Å². The molecule has 1 fully saturated rings. The summed E-state index contributed by atoms with van der Waals surface area (Å²) in [4.78, 5) is 24.4. The first kappa shape index (κ1) is 25.6. The Bertz CT molecular complexity index is 1160. The Hall–Kier alpha value is -2.97. The largest absolute Gasteiger partial charge is 0.352 e. The lowest BCUT2D eigenvalue weighted by Gasteiger charge is -2.40. The molecule has 0 saturated carbocycles. The molecular weight excluding hydrogens is 450 g/mol. The molecule has 8 heteroatoms. The Morgan fingerprint density at radius 3 is 2.24 bits per heavy atom. The number of amides is 2. The number of nitrogens with zero attached hydrogens (tertiary/aromatic N) is 1. The molecule has 0 radical (unpaired) electrons. The zero-order valence-electron chi connectivity index (χ0n) is 20.2. The lowest BCUT2D eigenvalue weighted by Crippen LogP contribution is -2.56. The molecule has 34 heavy (non-hydrogen) atoms. The van der Waals surface area contributed by atoms with Gasteiger partial charge in [0.15, 0.2) is 0 Å². The average Bonchev–Trinajstić information content (AvgIpc) is 2.96. The van der Waals surface area contributed by atoms with E-state index in [1.54, 1.807) is 12.1 Å². The van der Waals surface area contributed by atoms with Gasteiger partial charge in [-0.1, -0.05) is 49.0 Å². The minimum atomic E-state index is -3.87. The van der Waals surface area contributed by atoms with Crippen LogP contribution in [0.3, 0.4) is 0 Å². The molecule has 2 amide bonds. The van der Waals surface area contributed by atoms with Gasteiger partial charge in [0, 0.05) is 18.1 Å². The topological polar surface area (TPSA) is 95.6 Å². The van der Waals surface area contributed by atoms with Crippen molar-refractivity contribution in [2.75, 3.05) is 0 Å². The first-order valence-corrected chi connectivity index (χ1v) is 12.7. The molecule has 0 spiro atoms. The molecule has 1 aliphatic heterocycles. The maximum absolute atomic E-state index is 13.7. The van der Waals surface area contributed by atoms with Crippen molar-refractivity contribution in [1.82, 2.24) is 14.9 Å². The molecule has 0 aromatic heterocycles. The third kappa shape index (κ3) is 5.39. The molecular formula is C26H33N3O4S.